The fraction of sp³-hybridized carbons (Fsp3) is 0.222. The quantitative estimate of drug-likeness (QED) is 0.893. The van der Waals surface area contributed by atoms with E-state index in [-0.39, 0.29) is 5.16 Å². The van der Waals surface area contributed by atoms with Crippen molar-refractivity contribution < 1.29 is 8.42 Å². The van der Waals surface area contributed by atoms with E-state index in [1.54, 1.807) is 19.1 Å². The molecule has 2 N–H and O–H groups in total. The van der Waals surface area contributed by atoms with Gasteiger partial charge in [-0.05, 0) is 19.1 Å². The Hall–Kier alpha value is -1.51. The fourth-order valence-electron chi connectivity index (χ4n) is 1.48. The summed E-state index contributed by atoms with van der Waals surface area (Å²) in [7, 11) is -3.91. The van der Waals surface area contributed by atoms with Gasteiger partial charge in [0.2, 0.25) is 0 Å². The molecule has 0 aliphatic carbocycles. The first-order chi connectivity index (χ1) is 8.43. The molecule has 96 valence electrons. The maximum absolute atomic E-state index is 11.3. The Labute approximate surface area is 109 Å². The molecule has 0 saturated heterocycles. The first-order valence-electron chi connectivity index (χ1n) is 5.01. The molecule has 0 saturated carbocycles. The molecule has 0 aliphatic rings. The van der Waals surface area contributed by atoms with Gasteiger partial charge in [-0.3, -0.25) is 9.55 Å². The minimum atomic E-state index is -3.91. The minimum absolute atomic E-state index is 0.281. The number of primary sulfonamides is 1. The summed E-state index contributed by atoms with van der Waals surface area (Å²) in [6, 6.07) is 3.26. The van der Waals surface area contributed by atoms with Crippen molar-refractivity contribution >= 4 is 21.6 Å². The number of nitrogens with two attached hydrogens (primary N) is 1. The molecular weight excluding hydrogens is 278 g/mol. The molecule has 0 fully saturated rings. The van der Waals surface area contributed by atoms with Gasteiger partial charge in [0.25, 0.3) is 15.2 Å². The van der Waals surface area contributed by atoms with Gasteiger partial charge in [-0.2, -0.15) is 0 Å². The zero-order valence-electron chi connectivity index (χ0n) is 9.41. The van der Waals surface area contributed by atoms with E-state index in [1.807, 2.05) is 0 Å². The van der Waals surface area contributed by atoms with Crippen molar-refractivity contribution in [2.24, 2.45) is 5.14 Å². The standard InChI is InChI=1S/C9H10ClN5O2S/c1-2-15-8(7-4-3-6(10)5-12-7)13-14-9(15)18(11,16)17/h3-5H,2H2,1H3,(H2,11,16,17). The van der Waals surface area contributed by atoms with Crippen LogP contribution in [0.1, 0.15) is 6.92 Å². The van der Waals surface area contributed by atoms with Crippen LogP contribution in [-0.2, 0) is 16.6 Å². The van der Waals surface area contributed by atoms with E-state index >= 15 is 0 Å². The van der Waals surface area contributed by atoms with E-state index in [1.165, 1.54) is 10.8 Å². The van der Waals surface area contributed by atoms with Crippen LogP contribution in [0.4, 0.5) is 0 Å². The van der Waals surface area contributed by atoms with E-state index < -0.39 is 10.0 Å². The Morgan fingerprint density at radius 1 is 1.39 bits per heavy atom. The van der Waals surface area contributed by atoms with Gasteiger partial charge in [-0.25, -0.2) is 13.6 Å². The van der Waals surface area contributed by atoms with Gasteiger partial charge in [0.05, 0.1) is 5.02 Å². The summed E-state index contributed by atoms with van der Waals surface area (Å²) < 4.78 is 24.0. The highest BCUT2D eigenvalue weighted by molar-refractivity contribution is 7.89. The van der Waals surface area contributed by atoms with E-state index in [0.717, 1.165) is 0 Å². The summed E-state index contributed by atoms with van der Waals surface area (Å²) in [5.41, 5.74) is 0.476. The molecule has 2 aromatic rings. The number of nitrogens with zero attached hydrogens (tertiary/aromatic N) is 4. The van der Waals surface area contributed by atoms with E-state index in [9.17, 15) is 8.42 Å². The minimum Gasteiger partial charge on any atom is -0.296 e. The Morgan fingerprint density at radius 3 is 2.61 bits per heavy atom. The molecule has 0 aliphatic heterocycles. The van der Waals surface area contributed by atoms with Gasteiger partial charge < -0.3 is 0 Å². The molecule has 2 rings (SSSR count). The highest BCUT2D eigenvalue weighted by atomic mass is 35.5. The Kier molecular flexibility index (Phi) is 3.33. The average Bonchev–Trinajstić information content (AvgIpc) is 2.73. The van der Waals surface area contributed by atoms with Crippen LogP contribution in [0.2, 0.25) is 5.02 Å². The van der Waals surface area contributed by atoms with Crippen LogP contribution in [0.5, 0.6) is 0 Å². The number of rotatable bonds is 3. The number of pyridine rings is 1. The number of sulfonamides is 1. The van der Waals surface area contributed by atoms with Crippen molar-refractivity contribution in [3.05, 3.63) is 23.4 Å². The summed E-state index contributed by atoms with van der Waals surface area (Å²) in [5, 5.41) is 12.6. The number of halogens is 1. The van der Waals surface area contributed by atoms with Gasteiger partial charge >= 0.3 is 0 Å². The molecule has 0 amide bonds. The summed E-state index contributed by atoms with van der Waals surface area (Å²) in [6.07, 6.45) is 1.45. The Balaban J connectivity index is 2.59. The Morgan fingerprint density at radius 2 is 2.11 bits per heavy atom. The van der Waals surface area contributed by atoms with Gasteiger partial charge in [0.1, 0.15) is 5.69 Å². The maximum atomic E-state index is 11.3. The van der Waals surface area contributed by atoms with Crippen molar-refractivity contribution in [2.75, 3.05) is 0 Å². The number of aromatic nitrogens is 4. The fourth-order valence-corrected chi connectivity index (χ4v) is 2.27. The molecular formula is C9H10ClN5O2S. The predicted molar refractivity (Wildman–Crippen MR) is 65.3 cm³/mol. The van der Waals surface area contributed by atoms with Crippen molar-refractivity contribution in [2.45, 2.75) is 18.6 Å². The highest BCUT2D eigenvalue weighted by Gasteiger charge is 2.21. The smallest absolute Gasteiger partial charge is 0.273 e. The summed E-state index contributed by atoms with van der Waals surface area (Å²) >= 11 is 5.73. The molecule has 9 heteroatoms. The molecule has 2 aromatic heterocycles. The molecule has 0 bridgehead atoms. The lowest BCUT2D eigenvalue weighted by atomic mass is 10.3. The van der Waals surface area contributed by atoms with Crippen molar-refractivity contribution in [1.82, 2.24) is 19.7 Å². The average molecular weight is 288 g/mol. The number of hydrogen-bond acceptors (Lipinski definition) is 5. The lowest BCUT2D eigenvalue weighted by Crippen LogP contribution is -2.18. The van der Waals surface area contributed by atoms with Crippen LogP contribution < -0.4 is 5.14 Å². The van der Waals surface area contributed by atoms with Gasteiger partial charge in [-0.15, -0.1) is 10.2 Å². The number of hydrogen-bond donors (Lipinski definition) is 1. The molecule has 18 heavy (non-hydrogen) atoms. The SMILES string of the molecule is CCn1c(-c2ccc(Cl)cn2)nnc1S(N)(=O)=O. The molecule has 0 atom stereocenters. The molecule has 0 unspecified atom stereocenters. The first-order valence-corrected chi connectivity index (χ1v) is 6.94. The first kappa shape index (κ1) is 12.9. The predicted octanol–water partition coefficient (Wildman–Crippen LogP) is 0.661. The summed E-state index contributed by atoms with van der Waals surface area (Å²) in [6.45, 7) is 2.12. The van der Waals surface area contributed by atoms with E-state index in [0.29, 0.717) is 23.1 Å². The third-order valence-corrected chi connectivity index (χ3v) is 3.28. The van der Waals surface area contributed by atoms with Crippen LogP contribution in [0.15, 0.2) is 23.5 Å². The van der Waals surface area contributed by atoms with Crippen LogP contribution in [0.3, 0.4) is 0 Å². The Bertz CT molecular complexity index is 665. The molecule has 2 heterocycles. The molecule has 0 aromatic carbocycles. The summed E-state index contributed by atoms with van der Waals surface area (Å²) in [4.78, 5) is 4.06. The highest BCUT2D eigenvalue weighted by Crippen LogP contribution is 2.19. The van der Waals surface area contributed by atoms with Crippen LogP contribution in [-0.4, -0.2) is 28.2 Å². The van der Waals surface area contributed by atoms with Crippen LogP contribution in [0, 0.1) is 0 Å². The largest absolute Gasteiger partial charge is 0.296 e. The normalized spacial score (nSPS) is 11.7. The second kappa shape index (κ2) is 4.63. The van der Waals surface area contributed by atoms with Crippen molar-refractivity contribution in [1.29, 1.82) is 0 Å². The van der Waals surface area contributed by atoms with Crippen molar-refractivity contribution in [3.63, 3.8) is 0 Å². The second-order valence-electron chi connectivity index (χ2n) is 3.46. The maximum Gasteiger partial charge on any atom is 0.273 e. The lowest BCUT2D eigenvalue weighted by Gasteiger charge is -2.05. The van der Waals surface area contributed by atoms with Crippen LogP contribution >= 0.6 is 11.6 Å². The van der Waals surface area contributed by atoms with Gasteiger partial charge in [0.15, 0.2) is 5.82 Å². The van der Waals surface area contributed by atoms with Crippen molar-refractivity contribution in [3.8, 4) is 11.5 Å². The third-order valence-electron chi connectivity index (χ3n) is 2.24. The zero-order chi connectivity index (χ0) is 13.3. The molecule has 0 radical (unpaired) electrons. The monoisotopic (exact) mass is 287 g/mol. The van der Waals surface area contributed by atoms with E-state index in [2.05, 4.69) is 15.2 Å². The van der Waals surface area contributed by atoms with Gasteiger partial charge in [0, 0.05) is 12.7 Å². The lowest BCUT2D eigenvalue weighted by molar-refractivity contribution is 0.570. The summed E-state index contributed by atoms with van der Waals surface area (Å²) in [5.74, 6) is 0.332. The molecule has 0 spiro atoms. The topological polar surface area (TPSA) is 104 Å². The van der Waals surface area contributed by atoms with Crippen LogP contribution in [0.25, 0.3) is 11.5 Å². The van der Waals surface area contributed by atoms with Gasteiger partial charge in [-0.1, -0.05) is 11.6 Å². The zero-order valence-corrected chi connectivity index (χ0v) is 11.0. The third kappa shape index (κ3) is 2.35. The molecule has 7 nitrogen and oxygen atoms in total. The van der Waals surface area contributed by atoms with E-state index in [4.69, 9.17) is 16.7 Å². The second-order valence-corrected chi connectivity index (χ2v) is 5.35.